The van der Waals surface area contributed by atoms with Gasteiger partial charge in [0.25, 0.3) is 0 Å². The molecule has 0 saturated carbocycles. The predicted molar refractivity (Wildman–Crippen MR) is 45.6 cm³/mol. The fourth-order valence-corrected chi connectivity index (χ4v) is 1.62. The molecular weight excluding hydrogens is 140 g/mol. The maximum Gasteiger partial charge on any atom is 0.0584 e. The molecule has 0 amide bonds. The van der Waals surface area contributed by atoms with Crippen LogP contribution in [0.2, 0.25) is 0 Å². The fraction of sp³-hybridized carbons (Fsp3) is 1.00. The fourth-order valence-electron chi connectivity index (χ4n) is 1.62. The van der Waals surface area contributed by atoms with Crippen LogP contribution in [0.3, 0.4) is 0 Å². The molecule has 2 atom stereocenters. The van der Waals surface area contributed by atoms with Crippen LogP contribution in [0.15, 0.2) is 0 Å². The van der Waals surface area contributed by atoms with Crippen molar-refractivity contribution in [3.8, 4) is 0 Å². The molecule has 3 heteroatoms. The molecule has 0 radical (unpaired) electrons. The van der Waals surface area contributed by atoms with Gasteiger partial charge in [-0.15, -0.1) is 0 Å². The molecular formula is C8H18N2O. The second-order valence-electron chi connectivity index (χ2n) is 3.32. The third-order valence-corrected chi connectivity index (χ3v) is 2.38. The third-order valence-electron chi connectivity index (χ3n) is 2.38. The summed E-state index contributed by atoms with van der Waals surface area (Å²) in [5.41, 5.74) is 0. The Kier molecular flexibility index (Phi) is 3.30. The Bertz CT molecular complexity index is 115. The van der Waals surface area contributed by atoms with E-state index in [0.717, 1.165) is 19.6 Å². The summed E-state index contributed by atoms with van der Waals surface area (Å²) in [6.07, 6.45) is 0. The van der Waals surface area contributed by atoms with Gasteiger partial charge < -0.3 is 10.4 Å². The summed E-state index contributed by atoms with van der Waals surface area (Å²) in [6, 6.07) is 0.873. The highest BCUT2D eigenvalue weighted by atomic mass is 16.3. The predicted octanol–water partition coefficient (Wildman–Crippen LogP) is -0.339. The molecule has 1 heterocycles. The number of aliphatic hydroxyl groups is 1. The van der Waals surface area contributed by atoms with E-state index in [1.807, 2.05) is 0 Å². The van der Waals surface area contributed by atoms with Gasteiger partial charge >= 0.3 is 0 Å². The highest BCUT2D eigenvalue weighted by Gasteiger charge is 2.21. The first-order valence-electron chi connectivity index (χ1n) is 4.33. The van der Waals surface area contributed by atoms with Crippen LogP contribution in [0.1, 0.15) is 13.8 Å². The van der Waals surface area contributed by atoms with Gasteiger partial charge in [0.05, 0.1) is 6.61 Å². The van der Waals surface area contributed by atoms with Crippen molar-refractivity contribution in [2.75, 3.05) is 26.2 Å². The molecule has 1 aliphatic rings. The molecule has 2 N–H and O–H groups in total. The SMILES string of the molecule is CC(CO)N1CCNC[C@H]1C. The molecule has 1 aliphatic heterocycles. The van der Waals surface area contributed by atoms with E-state index in [-0.39, 0.29) is 6.61 Å². The van der Waals surface area contributed by atoms with Gasteiger partial charge in [0.15, 0.2) is 0 Å². The summed E-state index contributed by atoms with van der Waals surface area (Å²) in [7, 11) is 0. The van der Waals surface area contributed by atoms with Crippen molar-refractivity contribution in [2.24, 2.45) is 0 Å². The van der Waals surface area contributed by atoms with E-state index < -0.39 is 0 Å². The lowest BCUT2D eigenvalue weighted by atomic mass is 10.1. The summed E-state index contributed by atoms with van der Waals surface area (Å²) in [4.78, 5) is 2.34. The van der Waals surface area contributed by atoms with Crippen LogP contribution in [0.4, 0.5) is 0 Å². The zero-order valence-electron chi connectivity index (χ0n) is 7.38. The maximum absolute atomic E-state index is 8.94. The van der Waals surface area contributed by atoms with E-state index in [0.29, 0.717) is 12.1 Å². The second kappa shape index (κ2) is 4.04. The number of rotatable bonds is 2. The highest BCUT2D eigenvalue weighted by molar-refractivity contribution is 4.79. The third kappa shape index (κ3) is 2.15. The molecule has 0 spiro atoms. The standard InChI is InChI=1S/C8H18N2O/c1-7-5-9-3-4-10(7)8(2)6-11/h7-9,11H,3-6H2,1-2H3/t7-,8?/m1/s1. The molecule has 0 bridgehead atoms. The highest BCUT2D eigenvalue weighted by Crippen LogP contribution is 2.06. The van der Waals surface area contributed by atoms with E-state index in [1.165, 1.54) is 0 Å². The Balaban J connectivity index is 2.40. The normalized spacial score (nSPS) is 30.3. The van der Waals surface area contributed by atoms with Crippen LogP contribution >= 0.6 is 0 Å². The number of aliphatic hydroxyl groups excluding tert-OH is 1. The molecule has 11 heavy (non-hydrogen) atoms. The summed E-state index contributed by atoms with van der Waals surface area (Å²) in [5, 5.41) is 12.3. The van der Waals surface area contributed by atoms with Crippen molar-refractivity contribution in [1.29, 1.82) is 0 Å². The lowest BCUT2D eigenvalue weighted by Crippen LogP contribution is -2.54. The molecule has 0 aromatic rings. The minimum Gasteiger partial charge on any atom is -0.395 e. The topological polar surface area (TPSA) is 35.5 Å². The number of nitrogens with zero attached hydrogens (tertiary/aromatic N) is 1. The first-order valence-corrected chi connectivity index (χ1v) is 4.33. The summed E-state index contributed by atoms with van der Waals surface area (Å²) >= 11 is 0. The van der Waals surface area contributed by atoms with E-state index in [9.17, 15) is 0 Å². The Hall–Kier alpha value is -0.120. The second-order valence-corrected chi connectivity index (χ2v) is 3.32. The molecule has 1 fully saturated rings. The van der Waals surface area contributed by atoms with Crippen LogP contribution in [0.25, 0.3) is 0 Å². The lowest BCUT2D eigenvalue weighted by Gasteiger charge is -2.37. The summed E-state index contributed by atoms with van der Waals surface area (Å²) < 4.78 is 0. The van der Waals surface area contributed by atoms with Crippen LogP contribution < -0.4 is 5.32 Å². The van der Waals surface area contributed by atoms with Crippen LogP contribution in [0.5, 0.6) is 0 Å². The quantitative estimate of drug-likeness (QED) is 0.577. The largest absolute Gasteiger partial charge is 0.395 e. The van der Waals surface area contributed by atoms with Crippen LogP contribution in [-0.4, -0.2) is 48.3 Å². The van der Waals surface area contributed by atoms with Gasteiger partial charge in [-0.1, -0.05) is 0 Å². The smallest absolute Gasteiger partial charge is 0.0584 e. The van der Waals surface area contributed by atoms with Gasteiger partial charge in [-0.25, -0.2) is 0 Å². The monoisotopic (exact) mass is 158 g/mol. The van der Waals surface area contributed by atoms with E-state index >= 15 is 0 Å². The first kappa shape index (κ1) is 8.97. The van der Waals surface area contributed by atoms with Crippen molar-refractivity contribution in [3.63, 3.8) is 0 Å². The average molecular weight is 158 g/mol. The zero-order chi connectivity index (χ0) is 8.27. The molecule has 1 rings (SSSR count). The number of hydrogen-bond donors (Lipinski definition) is 2. The minimum atomic E-state index is 0.268. The maximum atomic E-state index is 8.94. The Labute approximate surface area is 68.4 Å². The Morgan fingerprint density at radius 2 is 2.45 bits per heavy atom. The van der Waals surface area contributed by atoms with E-state index in [4.69, 9.17) is 5.11 Å². The number of piperazine rings is 1. The summed E-state index contributed by atoms with van der Waals surface area (Å²) in [6.45, 7) is 7.69. The molecule has 3 nitrogen and oxygen atoms in total. The Morgan fingerprint density at radius 1 is 1.73 bits per heavy atom. The van der Waals surface area contributed by atoms with Crippen molar-refractivity contribution < 1.29 is 5.11 Å². The van der Waals surface area contributed by atoms with Gasteiger partial charge in [-0.05, 0) is 13.8 Å². The van der Waals surface area contributed by atoms with Gasteiger partial charge in [-0.2, -0.15) is 0 Å². The van der Waals surface area contributed by atoms with E-state index in [2.05, 4.69) is 24.1 Å². The van der Waals surface area contributed by atoms with Crippen LogP contribution in [0, 0.1) is 0 Å². The van der Waals surface area contributed by atoms with Gasteiger partial charge in [-0.3, -0.25) is 4.90 Å². The summed E-state index contributed by atoms with van der Waals surface area (Å²) in [5.74, 6) is 0. The van der Waals surface area contributed by atoms with Gasteiger partial charge in [0.2, 0.25) is 0 Å². The number of nitrogens with one attached hydrogen (secondary N) is 1. The molecule has 1 saturated heterocycles. The first-order chi connectivity index (χ1) is 5.25. The Morgan fingerprint density at radius 3 is 3.00 bits per heavy atom. The molecule has 0 aliphatic carbocycles. The van der Waals surface area contributed by atoms with Crippen molar-refractivity contribution >= 4 is 0 Å². The van der Waals surface area contributed by atoms with Crippen molar-refractivity contribution in [3.05, 3.63) is 0 Å². The molecule has 66 valence electrons. The zero-order valence-corrected chi connectivity index (χ0v) is 7.38. The molecule has 0 aromatic carbocycles. The average Bonchev–Trinajstić information content (AvgIpc) is 2.04. The lowest BCUT2D eigenvalue weighted by molar-refractivity contribution is 0.0827. The van der Waals surface area contributed by atoms with Crippen molar-refractivity contribution in [1.82, 2.24) is 10.2 Å². The van der Waals surface area contributed by atoms with Gasteiger partial charge in [0.1, 0.15) is 0 Å². The van der Waals surface area contributed by atoms with Crippen LogP contribution in [-0.2, 0) is 0 Å². The molecule has 0 aromatic heterocycles. The minimum absolute atomic E-state index is 0.268. The van der Waals surface area contributed by atoms with Crippen molar-refractivity contribution in [2.45, 2.75) is 25.9 Å². The number of hydrogen-bond acceptors (Lipinski definition) is 3. The van der Waals surface area contributed by atoms with Gasteiger partial charge in [0, 0.05) is 31.7 Å². The van der Waals surface area contributed by atoms with E-state index in [1.54, 1.807) is 0 Å². The molecule has 1 unspecified atom stereocenters.